The molecule has 0 unspecified atom stereocenters. The first-order chi connectivity index (χ1) is 19.8. The zero-order chi connectivity index (χ0) is 27.1. The van der Waals surface area contributed by atoms with Crippen molar-refractivity contribution < 1.29 is 24.5 Å². The molecule has 3 aromatic carbocycles. The van der Waals surface area contributed by atoms with Crippen LogP contribution >= 0.6 is 0 Å². The molecule has 41 heavy (non-hydrogen) atoms. The average Bonchev–Trinajstić information content (AvgIpc) is 3.38. The van der Waals surface area contributed by atoms with Crippen molar-refractivity contribution in [3.8, 4) is 45.1 Å². The van der Waals surface area contributed by atoms with Crippen molar-refractivity contribution in [3.63, 3.8) is 0 Å². The van der Waals surface area contributed by atoms with Crippen LogP contribution in [0, 0.1) is 19.1 Å². The summed E-state index contributed by atoms with van der Waals surface area (Å²) in [5.74, 6) is 0.874. The van der Waals surface area contributed by atoms with E-state index in [1.807, 2.05) is 103 Å². The van der Waals surface area contributed by atoms with Crippen molar-refractivity contribution >= 4 is 11.0 Å². The molecule has 4 nitrogen and oxygen atoms in total. The normalized spacial score (nSPS) is 10.4. The van der Waals surface area contributed by atoms with Gasteiger partial charge < -0.3 is 14.4 Å². The number of hydrogen-bond donors (Lipinski definition) is 0. The molecule has 1 radical (unpaired) electrons. The maximum absolute atomic E-state index is 6.21. The maximum atomic E-state index is 6.21. The molecule has 0 aliphatic carbocycles. The molecule has 0 atom stereocenters. The largest absolute Gasteiger partial charge is 0.457 e. The molecule has 201 valence electrons. The summed E-state index contributed by atoms with van der Waals surface area (Å²) in [7, 11) is 0. The third-order valence-electron chi connectivity index (χ3n) is 6.55. The molecular formula is C36H25IrN3O-2. The minimum Gasteiger partial charge on any atom is -0.457 e. The standard InChI is InChI=1S/C25H17N2O.C11H8N.Ir/c1-17-21-16-19(23-10-3-5-14-27-23)11-12-24(21)28-25(17)20-8-6-7-18(15-20)22-9-2-4-13-26-22;1-2-6-10(7-3-1)11-8-4-5-9-12-11;/h2-6,8-16H,1H3;1-6,8-9H;/q2*-1;. The molecule has 0 saturated carbocycles. The van der Waals surface area contributed by atoms with Gasteiger partial charge in [0.15, 0.2) is 0 Å². The first-order valence-corrected chi connectivity index (χ1v) is 13.0. The van der Waals surface area contributed by atoms with Crippen molar-refractivity contribution in [3.05, 3.63) is 152 Å². The van der Waals surface area contributed by atoms with Gasteiger partial charge in [0.1, 0.15) is 11.3 Å². The fourth-order valence-electron chi connectivity index (χ4n) is 4.54. The minimum absolute atomic E-state index is 0. The Balaban J connectivity index is 0.000000218. The summed E-state index contributed by atoms with van der Waals surface area (Å²) < 4.78 is 6.21. The van der Waals surface area contributed by atoms with Crippen LogP contribution in [0.1, 0.15) is 5.56 Å². The van der Waals surface area contributed by atoms with E-state index in [0.717, 1.165) is 61.6 Å². The maximum Gasteiger partial charge on any atom is 0.135 e. The average molecular weight is 708 g/mol. The Kier molecular flexibility index (Phi) is 8.90. The minimum atomic E-state index is 0. The van der Waals surface area contributed by atoms with Crippen LogP contribution in [0.3, 0.4) is 0 Å². The van der Waals surface area contributed by atoms with Crippen LogP contribution in [0.5, 0.6) is 0 Å². The predicted octanol–water partition coefficient (Wildman–Crippen LogP) is 8.88. The van der Waals surface area contributed by atoms with Crippen LogP contribution in [0.15, 0.2) is 138 Å². The Morgan fingerprint density at radius 2 is 1.20 bits per heavy atom. The number of aromatic nitrogens is 3. The topological polar surface area (TPSA) is 51.8 Å². The number of aryl methyl sites for hydroxylation is 1. The summed E-state index contributed by atoms with van der Waals surface area (Å²) in [6.45, 7) is 2.10. The van der Waals surface area contributed by atoms with Crippen molar-refractivity contribution in [2.45, 2.75) is 6.92 Å². The summed E-state index contributed by atoms with van der Waals surface area (Å²) in [6.07, 6.45) is 5.39. The second-order valence-electron chi connectivity index (χ2n) is 9.18. The van der Waals surface area contributed by atoms with Gasteiger partial charge in [-0.25, -0.2) is 0 Å². The van der Waals surface area contributed by atoms with Gasteiger partial charge in [-0.2, -0.15) is 0 Å². The predicted molar refractivity (Wildman–Crippen MR) is 160 cm³/mol. The number of hydrogen-bond acceptors (Lipinski definition) is 4. The Labute approximate surface area is 253 Å². The summed E-state index contributed by atoms with van der Waals surface area (Å²) in [4.78, 5) is 13.1. The molecule has 4 aromatic heterocycles. The smallest absolute Gasteiger partial charge is 0.135 e. The molecule has 0 aliphatic rings. The zero-order valence-corrected chi connectivity index (χ0v) is 24.7. The van der Waals surface area contributed by atoms with Gasteiger partial charge in [-0.1, -0.05) is 35.9 Å². The summed E-state index contributed by atoms with van der Waals surface area (Å²) in [5, 5.41) is 1.10. The van der Waals surface area contributed by atoms with E-state index in [1.54, 1.807) is 12.4 Å². The Hall–Kier alpha value is -4.70. The van der Waals surface area contributed by atoms with Gasteiger partial charge in [0.05, 0.1) is 5.69 Å². The van der Waals surface area contributed by atoms with E-state index in [1.165, 1.54) is 0 Å². The summed E-state index contributed by atoms with van der Waals surface area (Å²) in [5.41, 5.74) is 8.91. The van der Waals surface area contributed by atoms with Gasteiger partial charge in [0, 0.05) is 55.2 Å². The number of pyridine rings is 3. The van der Waals surface area contributed by atoms with Crippen LogP contribution in [0.2, 0.25) is 0 Å². The monoisotopic (exact) mass is 708 g/mol. The van der Waals surface area contributed by atoms with Gasteiger partial charge in [-0.3, -0.25) is 4.98 Å². The quantitative estimate of drug-likeness (QED) is 0.172. The van der Waals surface area contributed by atoms with Gasteiger partial charge in [0.2, 0.25) is 0 Å². The van der Waals surface area contributed by atoms with Crippen molar-refractivity contribution in [1.82, 2.24) is 15.0 Å². The van der Waals surface area contributed by atoms with Crippen molar-refractivity contribution in [2.75, 3.05) is 0 Å². The first-order valence-electron chi connectivity index (χ1n) is 13.0. The van der Waals surface area contributed by atoms with E-state index in [4.69, 9.17) is 4.42 Å². The van der Waals surface area contributed by atoms with Gasteiger partial charge in [-0.05, 0) is 60.8 Å². The molecular weight excluding hydrogens is 683 g/mol. The fraction of sp³-hybridized carbons (Fsp3) is 0.0278. The third-order valence-corrected chi connectivity index (χ3v) is 6.55. The molecule has 0 amide bonds. The van der Waals surface area contributed by atoms with Gasteiger partial charge in [0.25, 0.3) is 0 Å². The fourth-order valence-corrected chi connectivity index (χ4v) is 4.54. The van der Waals surface area contributed by atoms with Crippen LogP contribution in [-0.2, 0) is 20.1 Å². The van der Waals surface area contributed by atoms with E-state index in [2.05, 4.69) is 52.2 Å². The van der Waals surface area contributed by atoms with Crippen molar-refractivity contribution in [2.24, 2.45) is 0 Å². The SMILES string of the molecule is Cc1c(-c2cc[c-]c(-c3ccccn3)c2)oc2ccc(-c3ccccn3)cc12.[Ir].[c-]1ccccc1-c1ccccn1. The van der Waals surface area contributed by atoms with Gasteiger partial charge >= 0.3 is 0 Å². The second-order valence-corrected chi connectivity index (χ2v) is 9.18. The zero-order valence-electron chi connectivity index (χ0n) is 22.3. The molecule has 0 saturated heterocycles. The molecule has 7 aromatic rings. The van der Waals surface area contributed by atoms with E-state index in [0.29, 0.717) is 0 Å². The van der Waals surface area contributed by atoms with E-state index in [9.17, 15) is 0 Å². The molecule has 0 spiro atoms. The molecule has 0 N–H and O–H groups in total. The molecule has 0 aliphatic heterocycles. The van der Waals surface area contributed by atoms with E-state index >= 15 is 0 Å². The second kappa shape index (κ2) is 13.1. The molecule has 4 heterocycles. The van der Waals surface area contributed by atoms with Gasteiger partial charge in [-0.15, -0.1) is 65.7 Å². The van der Waals surface area contributed by atoms with E-state index < -0.39 is 0 Å². The van der Waals surface area contributed by atoms with Crippen LogP contribution in [-0.4, -0.2) is 15.0 Å². The Morgan fingerprint density at radius 3 is 1.83 bits per heavy atom. The van der Waals surface area contributed by atoms with Crippen molar-refractivity contribution in [1.29, 1.82) is 0 Å². The molecule has 5 heteroatoms. The third kappa shape index (κ3) is 6.38. The van der Waals surface area contributed by atoms with Crippen LogP contribution < -0.4 is 0 Å². The Morgan fingerprint density at radius 1 is 0.561 bits per heavy atom. The van der Waals surface area contributed by atoms with E-state index in [-0.39, 0.29) is 20.1 Å². The molecule has 7 rings (SSSR count). The van der Waals surface area contributed by atoms with Crippen LogP contribution in [0.4, 0.5) is 0 Å². The summed E-state index contributed by atoms with van der Waals surface area (Å²) >= 11 is 0. The molecule has 0 bridgehead atoms. The summed E-state index contributed by atoms with van der Waals surface area (Å²) in [6, 6.07) is 44.1. The first kappa shape index (κ1) is 27.9. The number of rotatable bonds is 4. The number of furan rings is 1. The molecule has 0 fully saturated rings. The number of benzene rings is 3. The number of fused-ring (bicyclic) bond motifs is 1. The number of nitrogens with zero attached hydrogens (tertiary/aromatic N) is 3. The Bertz CT molecular complexity index is 1800. The van der Waals surface area contributed by atoms with Crippen LogP contribution in [0.25, 0.3) is 56.1 Å².